The van der Waals surface area contributed by atoms with Crippen molar-refractivity contribution in [3.05, 3.63) is 53.2 Å². The summed E-state index contributed by atoms with van der Waals surface area (Å²) in [6, 6.07) is 9.25. The van der Waals surface area contributed by atoms with Crippen LogP contribution in [-0.2, 0) is 15.6 Å². The largest absolute Gasteiger partial charge is 0.341 e. The van der Waals surface area contributed by atoms with Crippen molar-refractivity contribution in [3.8, 4) is 0 Å². The second kappa shape index (κ2) is 6.25. The zero-order valence-corrected chi connectivity index (χ0v) is 16.5. The van der Waals surface area contributed by atoms with E-state index in [0.717, 1.165) is 23.7 Å². The van der Waals surface area contributed by atoms with E-state index in [1.165, 1.54) is 11.3 Å². The molecule has 2 N–H and O–H groups in total. The molecule has 0 radical (unpaired) electrons. The van der Waals surface area contributed by atoms with Crippen LogP contribution in [0, 0.1) is 0 Å². The number of aromatic nitrogens is 2. The summed E-state index contributed by atoms with van der Waals surface area (Å²) < 4.78 is 26.7. The van der Waals surface area contributed by atoms with Crippen LogP contribution in [0.4, 0.5) is 5.13 Å². The molecule has 0 unspecified atom stereocenters. The van der Waals surface area contributed by atoms with Crippen molar-refractivity contribution in [3.63, 3.8) is 0 Å². The Morgan fingerprint density at radius 1 is 1.21 bits per heavy atom. The highest BCUT2D eigenvalue weighted by molar-refractivity contribution is 7.93. The first-order valence-electron chi connectivity index (χ1n) is 9.10. The molecule has 2 saturated carbocycles. The van der Waals surface area contributed by atoms with Crippen LogP contribution in [0.25, 0.3) is 10.9 Å². The van der Waals surface area contributed by atoms with E-state index in [9.17, 15) is 13.2 Å². The molecule has 0 aliphatic heterocycles. The Bertz CT molecular complexity index is 1180. The van der Waals surface area contributed by atoms with E-state index in [0.29, 0.717) is 29.2 Å². The third-order valence-corrected chi connectivity index (χ3v) is 7.87. The van der Waals surface area contributed by atoms with Gasteiger partial charge in [0.2, 0.25) is 10.0 Å². The van der Waals surface area contributed by atoms with Gasteiger partial charge >= 0.3 is 0 Å². The first-order valence-corrected chi connectivity index (χ1v) is 11.5. The minimum atomic E-state index is -3.34. The van der Waals surface area contributed by atoms with E-state index >= 15 is 0 Å². The number of benzene rings is 1. The average Bonchev–Trinajstić information content (AvgIpc) is 3.61. The maximum absolute atomic E-state index is 12.8. The lowest BCUT2D eigenvalue weighted by Gasteiger charge is -2.15. The van der Waals surface area contributed by atoms with Gasteiger partial charge < -0.3 is 5.32 Å². The van der Waals surface area contributed by atoms with Crippen LogP contribution in [0.15, 0.2) is 41.9 Å². The molecule has 2 aliphatic rings. The summed E-state index contributed by atoms with van der Waals surface area (Å²) in [5, 5.41) is 5.94. The maximum atomic E-state index is 12.8. The zero-order chi connectivity index (χ0) is 19.4. The van der Waals surface area contributed by atoms with Gasteiger partial charge in [0.05, 0.1) is 22.0 Å². The first kappa shape index (κ1) is 17.6. The number of nitrogens with one attached hydrogen (secondary N) is 2. The van der Waals surface area contributed by atoms with Crippen LogP contribution in [-0.4, -0.2) is 29.5 Å². The quantitative estimate of drug-likeness (QED) is 0.646. The Kier molecular flexibility index (Phi) is 3.92. The topological polar surface area (TPSA) is 101 Å². The number of sulfonamides is 1. The summed E-state index contributed by atoms with van der Waals surface area (Å²) in [7, 11) is -3.34. The van der Waals surface area contributed by atoms with Crippen molar-refractivity contribution < 1.29 is 13.2 Å². The monoisotopic (exact) mass is 414 g/mol. The predicted molar refractivity (Wildman–Crippen MR) is 108 cm³/mol. The molecule has 1 aromatic carbocycles. The average molecular weight is 415 g/mol. The molecule has 28 heavy (non-hydrogen) atoms. The van der Waals surface area contributed by atoms with Crippen LogP contribution in [0.5, 0.6) is 0 Å². The lowest BCUT2D eigenvalue weighted by Crippen LogP contribution is -2.35. The number of rotatable bonds is 6. The van der Waals surface area contributed by atoms with Crippen molar-refractivity contribution in [2.75, 3.05) is 4.72 Å². The van der Waals surface area contributed by atoms with Gasteiger partial charge in [0.1, 0.15) is 0 Å². The molecule has 1 amide bonds. The first-order chi connectivity index (χ1) is 13.5. The number of amides is 1. The molecule has 0 spiro atoms. The van der Waals surface area contributed by atoms with Gasteiger partial charge in [0.25, 0.3) is 5.91 Å². The minimum absolute atomic E-state index is 0.182. The summed E-state index contributed by atoms with van der Waals surface area (Å²) in [5.74, 6) is -0.182. The summed E-state index contributed by atoms with van der Waals surface area (Å²) >= 11 is 1.25. The van der Waals surface area contributed by atoms with Crippen molar-refractivity contribution in [2.24, 2.45) is 0 Å². The van der Waals surface area contributed by atoms with E-state index in [4.69, 9.17) is 0 Å². The number of nitrogens with zero attached hydrogens (tertiary/aromatic N) is 2. The van der Waals surface area contributed by atoms with Gasteiger partial charge in [-0.25, -0.2) is 13.4 Å². The molecule has 0 saturated heterocycles. The number of thiazole rings is 1. The lowest BCUT2D eigenvalue weighted by molar-refractivity contribution is 0.0930. The van der Waals surface area contributed by atoms with E-state index in [2.05, 4.69) is 20.0 Å². The molecule has 3 aromatic rings. The second-order valence-corrected chi connectivity index (χ2v) is 10.2. The molecule has 2 aliphatic carbocycles. The fourth-order valence-electron chi connectivity index (χ4n) is 3.19. The molecular weight excluding hydrogens is 396 g/mol. The van der Waals surface area contributed by atoms with Crippen LogP contribution in [0.1, 0.15) is 41.7 Å². The third-order valence-electron chi connectivity index (χ3n) is 5.16. The molecule has 7 nitrogen and oxygen atoms in total. The Morgan fingerprint density at radius 3 is 2.79 bits per heavy atom. The van der Waals surface area contributed by atoms with Crippen LogP contribution < -0.4 is 10.0 Å². The molecule has 0 atom stereocenters. The van der Waals surface area contributed by atoms with Crippen LogP contribution >= 0.6 is 11.3 Å². The Labute approximate surface area is 166 Å². The third kappa shape index (κ3) is 3.24. The van der Waals surface area contributed by atoms with E-state index in [-0.39, 0.29) is 11.2 Å². The van der Waals surface area contributed by atoms with Gasteiger partial charge in [-0.3, -0.25) is 14.5 Å². The van der Waals surface area contributed by atoms with E-state index in [1.54, 1.807) is 18.3 Å². The van der Waals surface area contributed by atoms with E-state index in [1.807, 2.05) is 23.6 Å². The zero-order valence-electron chi connectivity index (χ0n) is 14.9. The Morgan fingerprint density at radius 2 is 2.04 bits per heavy atom. The number of hydrogen-bond donors (Lipinski definition) is 2. The number of hydrogen-bond acceptors (Lipinski definition) is 6. The summed E-state index contributed by atoms with van der Waals surface area (Å²) in [6.07, 6.45) is 4.67. The summed E-state index contributed by atoms with van der Waals surface area (Å²) in [4.78, 5) is 21.5. The highest BCUT2D eigenvalue weighted by atomic mass is 32.2. The molecule has 2 aromatic heterocycles. The molecule has 0 bridgehead atoms. The fraction of sp³-hybridized carbons (Fsp3) is 0.316. The van der Waals surface area contributed by atoms with Crippen LogP contribution in [0.3, 0.4) is 0 Å². The van der Waals surface area contributed by atoms with Gasteiger partial charge in [-0.2, -0.15) is 0 Å². The molecule has 144 valence electrons. The standard InChI is InChI=1S/C19H18N4O3S2/c24-17(13-4-3-12-2-1-9-20-15(12)10-13)22-19(7-8-19)16-11-27-18(21-16)23-28(25,26)14-5-6-14/h1-4,9-11,14H,5-8H2,(H,21,23)(H,22,24). The molecule has 2 fully saturated rings. The van der Waals surface area contributed by atoms with Crippen LogP contribution in [0.2, 0.25) is 0 Å². The van der Waals surface area contributed by atoms with Gasteiger partial charge in [0.15, 0.2) is 5.13 Å². The Balaban J connectivity index is 1.34. The van der Waals surface area contributed by atoms with Crippen molar-refractivity contribution in [2.45, 2.75) is 36.5 Å². The van der Waals surface area contributed by atoms with Gasteiger partial charge in [-0.15, -0.1) is 11.3 Å². The molecular formula is C19H18N4O3S2. The van der Waals surface area contributed by atoms with Gasteiger partial charge in [0, 0.05) is 22.5 Å². The maximum Gasteiger partial charge on any atom is 0.252 e. The molecule has 2 heterocycles. The smallest absolute Gasteiger partial charge is 0.252 e. The van der Waals surface area contributed by atoms with Crippen molar-refractivity contribution >= 4 is 43.3 Å². The predicted octanol–water partition coefficient (Wildman–Crippen LogP) is 3.01. The normalized spacial score (nSPS) is 18.0. The lowest BCUT2D eigenvalue weighted by atomic mass is 10.1. The van der Waals surface area contributed by atoms with Crippen molar-refractivity contribution in [1.82, 2.24) is 15.3 Å². The minimum Gasteiger partial charge on any atom is -0.341 e. The van der Waals surface area contributed by atoms with Gasteiger partial charge in [-0.1, -0.05) is 12.1 Å². The number of anilines is 1. The van der Waals surface area contributed by atoms with Gasteiger partial charge in [-0.05, 0) is 43.9 Å². The van der Waals surface area contributed by atoms with Crippen molar-refractivity contribution in [1.29, 1.82) is 0 Å². The summed E-state index contributed by atoms with van der Waals surface area (Å²) in [6.45, 7) is 0. The molecule has 9 heteroatoms. The summed E-state index contributed by atoms with van der Waals surface area (Å²) in [5.41, 5.74) is 1.50. The number of carbonyl (C=O) groups is 1. The number of pyridine rings is 1. The fourth-order valence-corrected chi connectivity index (χ4v) is 5.60. The Hall–Kier alpha value is -2.52. The second-order valence-electron chi connectivity index (χ2n) is 7.33. The number of carbonyl (C=O) groups excluding carboxylic acids is 1. The molecule has 5 rings (SSSR count). The number of fused-ring (bicyclic) bond motifs is 1. The SMILES string of the molecule is O=C(NC1(c2csc(NS(=O)(=O)C3CC3)n2)CC1)c1ccc2cccnc2c1. The highest BCUT2D eigenvalue weighted by Crippen LogP contribution is 2.46. The van der Waals surface area contributed by atoms with E-state index < -0.39 is 15.6 Å². The highest BCUT2D eigenvalue weighted by Gasteiger charge is 2.48.